The van der Waals surface area contributed by atoms with Gasteiger partial charge in [-0.1, -0.05) is 18.2 Å². The normalized spacial score (nSPS) is 10.2. The summed E-state index contributed by atoms with van der Waals surface area (Å²) in [4.78, 5) is 8.27. The van der Waals surface area contributed by atoms with E-state index in [0.29, 0.717) is 0 Å². The number of anilines is 1. The van der Waals surface area contributed by atoms with Crippen LogP contribution in [0, 0.1) is 6.92 Å². The van der Waals surface area contributed by atoms with Crippen molar-refractivity contribution in [1.82, 2.24) is 9.97 Å². The van der Waals surface area contributed by atoms with Crippen molar-refractivity contribution >= 4 is 5.69 Å². The van der Waals surface area contributed by atoms with Crippen LogP contribution >= 0.6 is 0 Å². The molecule has 3 nitrogen and oxygen atoms in total. The molecule has 0 amide bonds. The Labute approximate surface area is 89.0 Å². The standard InChI is InChI=1S/C12H13N3/c1-9-6-11(15-8-14-9)7-10-4-2-3-5-12(10)13/h2-6,8H,7,13H2,1H3. The Balaban J connectivity index is 2.26. The molecule has 15 heavy (non-hydrogen) atoms. The molecule has 0 fully saturated rings. The van der Waals surface area contributed by atoms with E-state index in [4.69, 9.17) is 5.73 Å². The van der Waals surface area contributed by atoms with Gasteiger partial charge in [0, 0.05) is 23.5 Å². The Morgan fingerprint density at radius 1 is 1.20 bits per heavy atom. The van der Waals surface area contributed by atoms with E-state index in [0.717, 1.165) is 29.1 Å². The molecule has 0 saturated carbocycles. The van der Waals surface area contributed by atoms with E-state index in [9.17, 15) is 0 Å². The summed E-state index contributed by atoms with van der Waals surface area (Å²) < 4.78 is 0. The van der Waals surface area contributed by atoms with Gasteiger partial charge in [-0.25, -0.2) is 9.97 Å². The van der Waals surface area contributed by atoms with E-state index in [2.05, 4.69) is 9.97 Å². The van der Waals surface area contributed by atoms with Gasteiger partial charge >= 0.3 is 0 Å². The number of nitrogens with zero attached hydrogens (tertiary/aromatic N) is 2. The largest absolute Gasteiger partial charge is 0.398 e. The first kappa shape index (κ1) is 9.65. The molecule has 1 heterocycles. The lowest BCUT2D eigenvalue weighted by atomic mass is 10.1. The highest BCUT2D eigenvalue weighted by Crippen LogP contribution is 2.14. The summed E-state index contributed by atoms with van der Waals surface area (Å²) in [5.74, 6) is 0. The average molecular weight is 199 g/mol. The van der Waals surface area contributed by atoms with Crippen molar-refractivity contribution < 1.29 is 0 Å². The van der Waals surface area contributed by atoms with Gasteiger partial charge < -0.3 is 5.73 Å². The summed E-state index contributed by atoms with van der Waals surface area (Å²) in [5, 5.41) is 0. The third-order valence-corrected chi connectivity index (χ3v) is 2.29. The Kier molecular flexibility index (Phi) is 2.63. The van der Waals surface area contributed by atoms with Gasteiger partial charge in [-0.3, -0.25) is 0 Å². The van der Waals surface area contributed by atoms with Gasteiger partial charge in [0.1, 0.15) is 6.33 Å². The Morgan fingerprint density at radius 2 is 2.00 bits per heavy atom. The van der Waals surface area contributed by atoms with Crippen LogP contribution < -0.4 is 5.73 Å². The first-order valence-corrected chi connectivity index (χ1v) is 4.86. The van der Waals surface area contributed by atoms with Crippen molar-refractivity contribution in [3.63, 3.8) is 0 Å². The number of hydrogen-bond donors (Lipinski definition) is 1. The summed E-state index contributed by atoms with van der Waals surface area (Å²) in [6, 6.07) is 9.83. The zero-order chi connectivity index (χ0) is 10.7. The fourth-order valence-corrected chi connectivity index (χ4v) is 1.50. The van der Waals surface area contributed by atoms with Crippen molar-refractivity contribution in [3.8, 4) is 0 Å². The van der Waals surface area contributed by atoms with Crippen molar-refractivity contribution in [1.29, 1.82) is 0 Å². The lowest BCUT2D eigenvalue weighted by molar-refractivity contribution is 1.000. The van der Waals surface area contributed by atoms with Crippen LogP contribution in [-0.2, 0) is 6.42 Å². The molecule has 2 rings (SSSR count). The van der Waals surface area contributed by atoms with Crippen molar-refractivity contribution in [2.45, 2.75) is 13.3 Å². The van der Waals surface area contributed by atoms with Crippen LogP contribution in [0.5, 0.6) is 0 Å². The Bertz CT molecular complexity index is 466. The molecule has 0 bridgehead atoms. The van der Waals surface area contributed by atoms with Crippen LogP contribution in [0.4, 0.5) is 5.69 Å². The van der Waals surface area contributed by atoms with Gasteiger partial charge in [0.15, 0.2) is 0 Å². The number of hydrogen-bond acceptors (Lipinski definition) is 3. The molecule has 76 valence electrons. The lowest BCUT2D eigenvalue weighted by Crippen LogP contribution is -1.98. The molecule has 0 aliphatic carbocycles. The molecule has 1 aromatic carbocycles. The van der Waals surface area contributed by atoms with Crippen LogP contribution in [0.3, 0.4) is 0 Å². The molecule has 0 aliphatic rings. The van der Waals surface area contributed by atoms with E-state index in [1.165, 1.54) is 0 Å². The number of nitrogen functional groups attached to an aromatic ring is 1. The van der Waals surface area contributed by atoms with Gasteiger partial charge in [0.2, 0.25) is 0 Å². The van der Waals surface area contributed by atoms with Gasteiger partial charge in [0.25, 0.3) is 0 Å². The molecular weight excluding hydrogens is 186 g/mol. The van der Waals surface area contributed by atoms with E-state index < -0.39 is 0 Å². The SMILES string of the molecule is Cc1cc(Cc2ccccc2N)ncn1. The van der Waals surface area contributed by atoms with Crippen molar-refractivity contribution in [2.24, 2.45) is 0 Å². The van der Waals surface area contributed by atoms with Crippen molar-refractivity contribution in [3.05, 3.63) is 53.6 Å². The van der Waals surface area contributed by atoms with Crippen molar-refractivity contribution in [2.75, 3.05) is 5.73 Å². The highest BCUT2D eigenvalue weighted by Gasteiger charge is 2.01. The fourth-order valence-electron chi connectivity index (χ4n) is 1.50. The predicted molar refractivity (Wildman–Crippen MR) is 60.4 cm³/mol. The molecular formula is C12H13N3. The molecule has 0 atom stereocenters. The Hall–Kier alpha value is -1.90. The van der Waals surface area contributed by atoms with Gasteiger partial charge in [-0.15, -0.1) is 0 Å². The topological polar surface area (TPSA) is 51.8 Å². The minimum atomic E-state index is 0.760. The highest BCUT2D eigenvalue weighted by molar-refractivity contribution is 5.47. The van der Waals surface area contributed by atoms with E-state index in [1.54, 1.807) is 6.33 Å². The number of benzene rings is 1. The van der Waals surface area contributed by atoms with Gasteiger partial charge in [-0.2, -0.15) is 0 Å². The Morgan fingerprint density at radius 3 is 2.73 bits per heavy atom. The minimum absolute atomic E-state index is 0.760. The van der Waals surface area contributed by atoms with Crippen LogP contribution in [0.2, 0.25) is 0 Å². The second kappa shape index (κ2) is 4.09. The number of rotatable bonds is 2. The number of para-hydroxylation sites is 1. The molecule has 3 heteroatoms. The summed E-state index contributed by atoms with van der Waals surface area (Å²) in [6.45, 7) is 1.96. The second-order valence-electron chi connectivity index (χ2n) is 3.53. The monoisotopic (exact) mass is 199 g/mol. The first-order chi connectivity index (χ1) is 7.25. The van der Waals surface area contributed by atoms with E-state index in [1.807, 2.05) is 37.3 Å². The highest BCUT2D eigenvalue weighted by atomic mass is 14.8. The summed E-state index contributed by atoms with van der Waals surface area (Å²) in [7, 11) is 0. The summed E-state index contributed by atoms with van der Waals surface area (Å²) >= 11 is 0. The molecule has 0 aliphatic heterocycles. The quantitative estimate of drug-likeness (QED) is 0.752. The predicted octanol–water partition coefficient (Wildman–Crippen LogP) is 1.96. The minimum Gasteiger partial charge on any atom is -0.398 e. The maximum atomic E-state index is 5.86. The lowest BCUT2D eigenvalue weighted by Gasteiger charge is -2.04. The molecule has 0 unspecified atom stereocenters. The number of aryl methyl sites for hydroxylation is 1. The third kappa shape index (κ3) is 2.31. The van der Waals surface area contributed by atoms with Gasteiger partial charge in [-0.05, 0) is 24.6 Å². The number of nitrogens with two attached hydrogens (primary N) is 1. The first-order valence-electron chi connectivity index (χ1n) is 4.86. The molecule has 2 aromatic rings. The zero-order valence-electron chi connectivity index (χ0n) is 8.64. The maximum absolute atomic E-state index is 5.86. The fraction of sp³-hybridized carbons (Fsp3) is 0.167. The van der Waals surface area contributed by atoms with Gasteiger partial charge in [0.05, 0.1) is 0 Å². The molecule has 1 aromatic heterocycles. The van der Waals surface area contributed by atoms with Crippen LogP contribution in [0.15, 0.2) is 36.7 Å². The van der Waals surface area contributed by atoms with E-state index in [-0.39, 0.29) is 0 Å². The number of aromatic nitrogens is 2. The van der Waals surface area contributed by atoms with E-state index >= 15 is 0 Å². The zero-order valence-corrected chi connectivity index (χ0v) is 8.64. The third-order valence-electron chi connectivity index (χ3n) is 2.29. The smallest absolute Gasteiger partial charge is 0.115 e. The summed E-state index contributed by atoms with van der Waals surface area (Å²) in [6.07, 6.45) is 2.35. The van der Waals surface area contributed by atoms with Crippen LogP contribution in [0.1, 0.15) is 17.0 Å². The average Bonchev–Trinajstić information content (AvgIpc) is 2.22. The van der Waals surface area contributed by atoms with Crippen LogP contribution in [-0.4, -0.2) is 9.97 Å². The molecule has 0 radical (unpaired) electrons. The molecule has 2 N–H and O–H groups in total. The molecule has 0 spiro atoms. The van der Waals surface area contributed by atoms with Crippen LogP contribution in [0.25, 0.3) is 0 Å². The summed E-state index contributed by atoms with van der Waals surface area (Å²) in [5.41, 5.74) is 9.77. The molecule has 0 saturated heterocycles. The second-order valence-corrected chi connectivity index (χ2v) is 3.53. The maximum Gasteiger partial charge on any atom is 0.115 e.